The molecule has 0 saturated carbocycles. The number of ether oxygens (including phenoxy) is 1. The van der Waals surface area contributed by atoms with Gasteiger partial charge in [0.2, 0.25) is 0 Å². The lowest BCUT2D eigenvalue weighted by Gasteiger charge is -2.12. The zero-order chi connectivity index (χ0) is 20.9. The van der Waals surface area contributed by atoms with E-state index in [1.54, 1.807) is 42.5 Å². The topological polar surface area (TPSA) is 72.5 Å². The number of anilines is 1. The van der Waals surface area contributed by atoms with E-state index in [9.17, 15) is 13.2 Å². The van der Waals surface area contributed by atoms with Crippen molar-refractivity contribution in [3.05, 3.63) is 71.2 Å². The summed E-state index contributed by atoms with van der Waals surface area (Å²) in [6, 6.07) is 17.1. The molecule has 0 amide bonds. The monoisotopic (exact) mass is 427 g/mol. The van der Waals surface area contributed by atoms with E-state index in [1.807, 2.05) is 18.2 Å². The number of methoxy groups -OCH3 is 1. The van der Waals surface area contributed by atoms with Crippen molar-refractivity contribution in [2.45, 2.75) is 17.7 Å². The SMILES string of the molecule is COC(=O)CCC#Cc1cc(Cl)ccc1NS(=O)(=O)c1cccc2ccccc12. The summed E-state index contributed by atoms with van der Waals surface area (Å²) in [5.41, 5.74) is 0.735. The summed E-state index contributed by atoms with van der Waals surface area (Å²) in [7, 11) is -2.55. The molecule has 0 radical (unpaired) electrons. The van der Waals surface area contributed by atoms with Crippen molar-refractivity contribution in [3.63, 3.8) is 0 Å². The molecule has 0 heterocycles. The zero-order valence-electron chi connectivity index (χ0n) is 15.6. The molecule has 0 spiro atoms. The molecule has 0 aromatic heterocycles. The van der Waals surface area contributed by atoms with Crippen molar-refractivity contribution < 1.29 is 17.9 Å². The van der Waals surface area contributed by atoms with Crippen molar-refractivity contribution in [3.8, 4) is 11.8 Å². The number of carbonyl (C=O) groups is 1. The van der Waals surface area contributed by atoms with Crippen LogP contribution in [-0.2, 0) is 19.6 Å². The Kier molecular flexibility index (Phi) is 6.42. The fraction of sp³-hybridized carbons (Fsp3) is 0.136. The molecule has 0 bridgehead atoms. The van der Waals surface area contributed by atoms with Gasteiger partial charge in [-0.2, -0.15) is 0 Å². The van der Waals surface area contributed by atoms with Crippen molar-refractivity contribution in [1.82, 2.24) is 0 Å². The van der Waals surface area contributed by atoms with E-state index in [4.69, 9.17) is 11.6 Å². The lowest BCUT2D eigenvalue weighted by atomic mass is 10.1. The third kappa shape index (κ3) is 5.08. The van der Waals surface area contributed by atoms with Gasteiger partial charge in [-0.05, 0) is 29.7 Å². The van der Waals surface area contributed by atoms with Crippen LogP contribution in [0.5, 0.6) is 0 Å². The first-order chi connectivity index (χ1) is 13.9. The summed E-state index contributed by atoms with van der Waals surface area (Å²) in [5, 5.41) is 1.88. The minimum atomic E-state index is -3.86. The van der Waals surface area contributed by atoms with E-state index in [-0.39, 0.29) is 23.7 Å². The maximum Gasteiger partial charge on any atom is 0.306 e. The lowest BCUT2D eigenvalue weighted by molar-refractivity contribution is -0.140. The van der Waals surface area contributed by atoms with Gasteiger partial charge in [0, 0.05) is 16.8 Å². The van der Waals surface area contributed by atoms with Crippen LogP contribution in [0.1, 0.15) is 18.4 Å². The van der Waals surface area contributed by atoms with Gasteiger partial charge in [-0.25, -0.2) is 8.42 Å². The average Bonchev–Trinajstić information content (AvgIpc) is 2.72. The Balaban J connectivity index is 1.93. The maximum atomic E-state index is 13.1. The van der Waals surface area contributed by atoms with E-state index in [0.29, 0.717) is 21.7 Å². The lowest BCUT2D eigenvalue weighted by Crippen LogP contribution is -2.14. The van der Waals surface area contributed by atoms with Crippen LogP contribution in [0.25, 0.3) is 10.8 Å². The van der Waals surface area contributed by atoms with E-state index < -0.39 is 10.0 Å². The number of esters is 1. The Bertz CT molecular complexity index is 1220. The summed E-state index contributed by atoms with van der Waals surface area (Å²) in [6.07, 6.45) is 0.440. The van der Waals surface area contributed by atoms with Crippen LogP contribution >= 0.6 is 11.6 Å². The standard InChI is InChI=1S/C22H18ClNO4S/c1-28-22(25)12-5-3-8-17-15-18(23)13-14-20(17)24-29(26,27)21-11-6-9-16-7-2-4-10-19(16)21/h2,4,6-7,9-11,13-15,24H,5,12H2,1H3. The second-order valence-corrected chi connectivity index (χ2v) is 8.24. The number of fused-ring (bicyclic) bond motifs is 1. The first-order valence-electron chi connectivity index (χ1n) is 8.76. The van der Waals surface area contributed by atoms with Crippen molar-refractivity contribution in [2.75, 3.05) is 11.8 Å². The van der Waals surface area contributed by atoms with Gasteiger partial charge in [-0.1, -0.05) is 59.8 Å². The first-order valence-corrected chi connectivity index (χ1v) is 10.6. The van der Waals surface area contributed by atoms with Gasteiger partial charge in [0.15, 0.2) is 0 Å². The number of carbonyl (C=O) groups excluding carboxylic acids is 1. The average molecular weight is 428 g/mol. The van der Waals surface area contributed by atoms with Gasteiger partial charge in [0.05, 0.1) is 29.7 Å². The van der Waals surface area contributed by atoms with E-state index in [0.717, 1.165) is 5.39 Å². The third-order valence-corrected chi connectivity index (χ3v) is 5.83. The molecule has 0 fully saturated rings. The summed E-state index contributed by atoms with van der Waals surface area (Å²) in [6.45, 7) is 0. The van der Waals surface area contributed by atoms with Gasteiger partial charge in [0.1, 0.15) is 0 Å². The largest absolute Gasteiger partial charge is 0.469 e. The van der Waals surface area contributed by atoms with Crippen LogP contribution in [0.15, 0.2) is 65.6 Å². The maximum absolute atomic E-state index is 13.1. The normalized spacial score (nSPS) is 10.8. The Morgan fingerprint density at radius 3 is 2.66 bits per heavy atom. The summed E-state index contributed by atoms with van der Waals surface area (Å²) >= 11 is 6.05. The highest BCUT2D eigenvalue weighted by Crippen LogP contribution is 2.27. The molecule has 3 aromatic rings. The molecule has 0 aliphatic heterocycles. The van der Waals surface area contributed by atoms with Crippen molar-refractivity contribution >= 4 is 44.1 Å². The van der Waals surface area contributed by atoms with Crippen LogP contribution in [0.2, 0.25) is 5.02 Å². The smallest absolute Gasteiger partial charge is 0.306 e. The van der Waals surface area contributed by atoms with E-state index in [2.05, 4.69) is 21.3 Å². The van der Waals surface area contributed by atoms with Crippen LogP contribution in [0.3, 0.4) is 0 Å². The Labute approximate surface area is 174 Å². The molecule has 1 N–H and O–H groups in total. The second kappa shape index (κ2) is 8.99. The molecular formula is C22H18ClNO4S. The van der Waals surface area contributed by atoms with Crippen LogP contribution in [0.4, 0.5) is 5.69 Å². The number of hydrogen-bond acceptors (Lipinski definition) is 4. The minimum Gasteiger partial charge on any atom is -0.469 e. The zero-order valence-corrected chi connectivity index (χ0v) is 17.2. The quantitative estimate of drug-likeness (QED) is 0.477. The van der Waals surface area contributed by atoms with Gasteiger partial charge >= 0.3 is 5.97 Å². The van der Waals surface area contributed by atoms with Gasteiger partial charge in [-0.3, -0.25) is 9.52 Å². The molecule has 5 nitrogen and oxygen atoms in total. The summed E-state index contributed by atoms with van der Waals surface area (Å²) in [5.74, 6) is 5.36. The molecule has 0 aliphatic carbocycles. The highest BCUT2D eigenvalue weighted by atomic mass is 35.5. The van der Waals surface area contributed by atoms with Crippen LogP contribution in [0, 0.1) is 11.8 Å². The molecule has 0 unspecified atom stereocenters. The minimum absolute atomic E-state index is 0.154. The molecule has 29 heavy (non-hydrogen) atoms. The molecule has 148 valence electrons. The Morgan fingerprint density at radius 1 is 1.10 bits per heavy atom. The number of rotatable bonds is 5. The van der Waals surface area contributed by atoms with E-state index in [1.165, 1.54) is 7.11 Å². The molecule has 3 rings (SSSR count). The van der Waals surface area contributed by atoms with Crippen LogP contribution in [-0.4, -0.2) is 21.5 Å². The number of nitrogens with one attached hydrogen (secondary N) is 1. The molecule has 3 aromatic carbocycles. The molecular weight excluding hydrogens is 410 g/mol. The van der Waals surface area contributed by atoms with E-state index >= 15 is 0 Å². The fourth-order valence-corrected chi connectivity index (χ4v) is 4.25. The van der Waals surface area contributed by atoms with Crippen molar-refractivity contribution in [2.24, 2.45) is 0 Å². The first kappa shape index (κ1) is 20.7. The van der Waals surface area contributed by atoms with Crippen molar-refractivity contribution in [1.29, 1.82) is 0 Å². The third-order valence-electron chi connectivity index (χ3n) is 4.17. The highest BCUT2D eigenvalue weighted by molar-refractivity contribution is 7.93. The second-order valence-electron chi connectivity index (χ2n) is 6.15. The molecule has 7 heteroatoms. The summed E-state index contributed by atoms with van der Waals surface area (Å²) < 4.78 is 33.3. The predicted octanol–water partition coefficient (Wildman–Crippen LogP) is 4.60. The Morgan fingerprint density at radius 2 is 1.86 bits per heavy atom. The fourth-order valence-electron chi connectivity index (χ4n) is 2.76. The number of halogens is 1. The van der Waals surface area contributed by atoms with Gasteiger partial charge in [0.25, 0.3) is 10.0 Å². The summed E-state index contributed by atoms with van der Waals surface area (Å²) in [4.78, 5) is 11.4. The Hall–Kier alpha value is -3.01. The molecule has 0 saturated heterocycles. The molecule has 0 aliphatic rings. The highest BCUT2D eigenvalue weighted by Gasteiger charge is 2.18. The number of hydrogen-bond donors (Lipinski definition) is 1. The molecule has 0 atom stereocenters. The van der Waals surface area contributed by atoms with Crippen LogP contribution < -0.4 is 4.72 Å². The van der Waals surface area contributed by atoms with Gasteiger partial charge in [-0.15, -0.1) is 0 Å². The number of sulfonamides is 1. The number of benzene rings is 3. The predicted molar refractivity (Wildman–Crippen MR) is 114 cm³/mol. The van der Waals surface area contributed by atoms with Gasteiger partial charge < -0.3 is 4.74 Å².